The van der Waals surface area contributed by atoms with Crippen LogP contribution in [0.5, 0.6) is 0 Å². The maximum Gasteiger partial charge on any atom is 0.339 e. The van der Waals surface area contributed by atoms with Crippen LogP contribution in [0.4, 0.5) is 10.2 Å². The molecule has 0 spiro atoms. The van der Waals surface area contributed by atoms with Crippen molar-refractivity contribution in [2.75, 3.05) is 31.6 Å². The second-order valence-electron chi connectivity index (χ2n) is 12.7. The van der Waals surface area contributed by atoms with Gasteiger partial charge in [0.1, 0.15) is 23.0 Å². The van der Waals surface area contributed by atoms with Gasteiger partial charge in [-0.3, -0.25) is 4.79 Å². The summed E-state index contributed by atoms with van der Waals surface area (Å²) in [4.78, 5) is 40.1. The lowest BCUT2D eigenvalue weighted by Gasteiger charge is -2.47. The summed E-state index contributed by atoms with van der Waals surface area (Å²) in [6.07, 6.45) is 1.99. The molecule has 0 radical (unpaired) electrons. The van der Waals surface area contributed by atoms with E-state index in [0.29, 0.717) is 60.3 Å². The second-order valence-corrected chi connectivity index (χ2v) is 13.1. The molecule has 5 rings (SSSR count). The van der Waals surface area contributed by atoms with Gasteiger partial charge in [-0.05, 0) is 81.5 Å². The molecule has 1 aliphatic rings. The van der Waals surface area contributed by atoms with Crippen LogP contribution >= 0.6 is 11.6 Å². The standard InChI is InChI=1S/C34H39ClFN5O3/c1-19(2)16-40-17-25(23-9-10-26(35)27(36)15-23)24-13-21(4)30(38-31(24)40)32(42)41-12-11-39(18-34(41,6)7)28-14-20(3)29(22(5)37-28)33(43)44-8/h9-10,13-15,17,19H,11-12,16,18H2,1-8H3. The highest BCUT2D eigenvalue weighted by molar-refractivity contribution is 6.30. The summed E-state index contributed by atoms with van der Waals surface area (Å²) in [6.45, 7) is 16.2. The highest BCUT2D eigenvalue weighted by Crippen LogP contribution is 2.35. The van der Waals surface area contributed by atoms with Crippen molar-refractivity contribution in [1.82, 2.24) is 19.4 Å². The van der Waals surface area contributed by atoms with Gasteiger partial charge < -0.3 is 19.1 Å². The average molecular weight is 620 g/mol. The Kier molecular flexibility index (Phi) is 8.46. The van der Waals surface area contributed by atoms with Gasteiger partial charge in [0.15, 0.2) is 0 Å². The first-order valence-corrected chi connectivity index (χ1v) is 15.2. The number of ether oxygens (including phenoxy) is 1. The van der Waals surface area contributed by atoms with E-state index in [9.17, 15) is 14.0 Å². The van der Waals surface area contributed by atoms with Crippen molar-refractivity contribution in [2.24, 2.45) is 5.92 Å². The highest BCUT2D eigenvalue weighted by atomic mass is 35.5. The largest absolute Gasteiger partial charge is 0.465 e. The summed E-state index contributed by atoms with van der Waals surface area (Å²) in [5.74, 6) is 0.0820. The number of fused-ring (bicyclic) bond motifs is 1. The Labute approximate surface area is 262 Å². The maximum atomic E-state index is 14.4. The third kappa shape index (κ3) is 5.77. The molecule has 44 heavy (non-hydrogen) atoms. The fourth-order valence-electron chi connectivity index (χ4n) is 6.19. The van der Waals surface area contributed by atoms with Gasteiger partial charge >= 0.3 is 5.97 Å². The van der Waals surface area contributed by atoms with Crippen LogP contribution < -0.4 is 4.90 Å². The Bertz CT molecular complexity index is 1760. The lowest BCUT2D eigenvalue weighted by atomic mass is 9.96. The number of benzene rings is 1. The molecule has 1 fully saturated rings. The van der Waals surface area contributed by atoms with E-state index in [4.69, 9.17) is 26.3 Å². The number of hydrogen-bond acceptors (Lipinski definition) is 6. The molecule has 0 saturated carbocycles. The Morgan fingerprint density at radius 1 is 1.07 bits per heavy atom. The molecule has 10 heteroatoms. The van der Waals surface area contributed by atoms with Gasteiger partial charge in [0, 0.05) is 43.3 Å². The fourth-order valence-corrected chi connectivity index (χ4v) is 6.31. The van der Waals surface area contributed by atoms with E-state index in [1.807, 2.05) is 57.8 Å². The molecule has 0 N–H and O–H groups in total. The average Bonchev–Trinajstić information content (AvgIpc) is 3.28. The first kappa shape index (κ1) is 31.4. The molecule has 1 saturated heterocycles. The lowest BCUT2D eigenvalue weighted by molar-refractivity contribution is 0.0505. The van der Waals surface area contributed by atoms with Gasteiger partial charge in [0.05, 0.1) is 28.9 Å². The van der Waals surface area contributed by atoms with Crippen molar-refractivity contribution in [1.29, 1.82) is 0 Å². The summed E-state index contributed by atoms with van der Waals surface area (Å²) in [7, 11) is 1.36. The molecule has 8 nitrogen and oxygen atoms in total. The minimum absolute atomic E-state index is 0.0730. The number of esters is 1. The van der Waals surface area contributed by atoms with Crippen molar-refractivity contribution in [3.8, 4) is 11.1 Å². The van der Waals surface area contributed by atoms with Gasteiger partial charge in [0.25, 0.3) is 5.91 Å². The predicted molar refractivity (Wildman–Crippen MR) is 172 cm³/mol. The molecule has 1 aromatic carbocycles. The molecule has 0 aliphatic carbocycles. The second kappa shape index (κ2) is 11.8. The van der Waals surface area contributed by atoms with Crippen LogP contribution in [0.25, 0.3) is 22.2 Å². The highest BCUT2D eigenvalue weighted by Gasteiger charge is 2.39. The molecule has 4 aromatic rings. The van der Waals surface area contributed by atoms with Crippen LogP contribution in [0.15, 0.2) is 36.5 Å². The number of nitrogens with zero attached hydrogens (tertiary/aromatic N) is 5. The van der Waals surface area contributed by atoms with Gasteiger partial charge in [-0.1, -0.05) is 31.5 Å². The molecule has 1 aliphatic heterocycles. The number of carbonyl (C=O) groups is 2. The van der Waals surface area contributed by atoms with Crippen molar-refractivity contribution < 1.29 is 18.7 Å². The Morgan fingerprint density at radius 2 is 1.80 bits per heavy atom. The zero-order valence-electron chi connectivity index (χ0n) is 26.6. The number of rotatable bonds is 6. The van der Waals surface area contributed by atoms with Crippen LogP contribution in [0.3, 0.4) is 0 Å². The number of halogens is 2. The van der Waals surface area contributed by atoms with Crippen molar-refractivity contribution in [3.63, 3.8) is 0 Å². The van der Waals surface area contributed by atoms with E-state index in [0.717, 1.165) is 27.9 Å². The summed E-state index contributed by atoms with van der Waals surface area (Å²) in [6, 6.07) is 8.68. The van der Waals surface area contributed by atoms with Gasteiger partial charge in [0.2, 0.25) is 0 Å². The number of carbonyl (C=O) groups excluding carboxylic acids is 2. The van der Waals surface area contributed by atoms with Crippen LogP contribution in [0.2, 0.25) is 5.02 Å². The molecule has 1 amide bonds. The third-order valence-electron chi connectivity index (χ3n) is 8.28. The first-order valence-electron chi connectivity index (χ1n) is 14.8. The molecule has 4 heterocycles. The number of piperazine rings is 1. The van der Waals surface area contributed by atoms with Crippen molar-refractivity contribution in [3.05, 3.63) is 75.4 Å². The summed E-state index contributed by atoms with van der Waals surface area (Å²) in [5.41, 5.74) is 4.76. The van der Waals surface area contributed by atoms with E-state index in [2.05, 4.69) is 23.3 Å². The topological polar surface area (TPSA) is 80.6 Å². The van der Waals surface area contributed by atoms with Crippen LogP contribution in [-0.2, 0) is 11.3 Å². The van der Waals surface area contributed by atoms with Crippen LogP contribution in [-0.4, -0.2) is 63.6 Å². The minimum atomic E-state index is -0.533. The number of amides is 1. The minimum Gasteiger partial charge on any atom is -0.465 e. The molecule has 0 bridgehead atoms. The summed E-state index contributed by atoms with van der Waals surface area (Å²) in [5, 5.41) is 0.932. The Hall–Kier alpha value is -3.98. The summed E-state index contributed by atoms with van der Waals surface area (Å²) >= 11 is 5.96. The van der Waals surface area contributed by atoms with E-state index >= 15 is 0 Å². The number of methoxy groups -OCH3 is 1. The zero-order valence-corrected chi connectivity index (χ0v) is 27.3. The SMILES string of the molecule is COC(=O)c1c(C)cc(N2CCN(C(=O)c3nc4c(cc3C)c(-c3ccc(Cl)c(F)c3)cn4CC(C)C)C(C)(C)C2)nc1C. The number of aromatic nitrogens is 3. The van der Waals surface area contributed by atoms with Gasteiger partial charge in [-0.2, -0.15) is 0 Å². The Balaban J connectivity index is 1.48. The van der Waals surface area contributed by atoms with Crippen molar-refractivity contribution in [2.45, 2.75) is 60.5 Å². The number of anilines is 1. The van der Waals surface area contributed by atoms with Gasteiger partial charge in [-0.15, -0.1) is 0 Å². The monoisotopic (exact) mass is 619 g/mol. The quantitative estimate of drug-likeness (QED) is 0.216. The molecular weight excluding hydrogens is 581 g/mol. The zero-order chi connectivity index (χ0) is 32.1. The van der Waals surface area contributed by atoms with Crippen LogP contribution in [0, 0.1) is 32.5 Å². The van der Waals surface area contributed by atoms with E-state index in [1.54, 1.807) is 12.1 Å². The summed E-state index contributed by atoms with van der Waals surface area (Å²) < 4.78 is 21.4. The normalized spacial score (nSPS) is 14.9. The first-order chi connectivity index (χ1) is 20.7. The van der Waals surface area contributed by atoms with E-state index < -0.39 is 17.3 Å². The lowest BCUT2D eigenvalue weighted by Crippen LogP contribution is -2.61. The van der Waals surface area contributed by atoms with E-state index in [-0.39, 0.29) is 10.9 Å². The van der Waals surface area contributed by atoms with Crippen molar-refractivity contribution >= 4 is 40.3 Å². The van der Waals surface area contributed by atoms with Crippen LogP contribution in [0.1, 0.15) is 65.4 Å². The molecule has 3 aromatic heterocycles. The van der Waals surface area contributed by atoms with E-state index in [1.165, 1.54) is 13.2 Å². The molecular formula is C34H39ClFN5O3. The maximum absolute atomic E-state index is 14.4. The Morgan fingerprint density at radius 3 is 2.41 bits per heavy atom. The molecule has 0 unspecified atom stereocenters. The molecule has 232 valence electrons. The number of pyridine rings is 2. The third-order valence-corrected chi connectivity index (χ3v) is 8.59. The smallest absolute Gasteiger partial charge is 0.339 e. The number of hydrogen-bond donors (Lipinski definition) is 0. The number of aryl methyl sites for hydroxylation is 3. The fraction of sp³-hybridized carbons (Fsp3) is 0.412. The predicted octanol–water partition coefficient (Wildman–Crippen LogP) is 7.00. The molecule has 0 atom stereocenters. The van der Waals surface area contributed by atoms with Gasteiger partial charge in [-0.25, -0.2) is 19.2 Å².